The first-order valence-electron chi connectivity index (χ1n) is 8.72. The quantitative estimate of drug-likeness (QED) is 0.780. The van der Waals surface area contributed by atoms with Crippen molar-refractivity contribution in [1.82, 2.24) is 9.78 Å². The third kappa shape index (κ3) is 4.17. The molecule has 11 heteroatoms. The van der Waals surface area contributed by atoms with Crippen LogP contribution in [0.3, 0.4) is 0 Å². The lowest BCUT2D eigenvalue weighted by Crippen LogP contribution is -2.24. The highest BCUT2D eigenvalue weighted by Crippen LogP contribution is 2.40. The van der Waals surface area contributed by atoms with Crippen LogP contribution < -0.4 is 19.5 Å². The highest BCUT2D eigenvalue weighted by molar-refractivity contribution is 5.92. The van der Waals surface area contributed by atoms with Gasteiger partial charge in [0.05, 0.1) is 26.0 Å². The number of rotatable bonds is 5. The average Bonchev–Trinajstić information content (AvgIpc) is 3.00. The maximum atomic E-state index is 13.3. The van der Waals surface area contributed by atoms with E-state index in [2.05, 4.69) is 10.4 Å². The number of fused-ring (bicyclic) bond motifs is 1. The first kappa shape index (κ1) is 20.6. The number of hydrogen-bond acceptors (Lipinski definition) is 6. The number of benzene rings is 1. The van der Waals surface area contributed by atoms with Crippen molar-refractivity contribution in [2.24, 2.45) is 0 Å². The molecule has 2 N–H and O–H groups in total. The van der Waals surface area contributed by atoms with Crippen LogP contribution in [-0.4, -0.2) is 41.1 Å². The minimum Gasteiger partial charge on any atom is -0.504 e. The minimum absolute atomic E-state index is 0.0527. The van der Waals surface area contributed by atoms with Gasteiger partial charge in [0.15, 0.2) is 17.2 Å². The number of aromatic nitrogens is 2. The SMILES string of the molecule is COc1cc(OC)c(NC(=O)Cn2nc(C(F)(F)F)c3c2OC(C)CC3)cc1O. The molecule has 1 unspecified atom stereocenters. The van der Waals surface area contributed by atoms with Gasteiger partial charge in [0.2, 0.25) is 11.8 Å². The van der Waals surface area contributed by atoms with Crippen molar-refractivity contribution in [2.45, 2.75) is 38.6 Å². The number of phenolic OH excluding ortho intramolecular Hbond substituents is 1. The van der Waals surface area contributed by atoms with Crippen LogP contribution in [0.5, 0.6) is 23.1 Å². The number of nitrogens with zero attached hydrogens (tertiary/aromatic N) is 2. The average molecular weight is 415 g/mol. The normalized spacial score (nSPS) is 16.0. The van der Waals surface area contributed by atoms with Gasteiger partial charge in [-0.1, -0.05) is 0 Å². The van der Waals surface area contributed by atoms with Crippen molar-refractivity contribution in [2.75, 3.05) is 19.5 Å². The van der Waals surface area contributed by atoms with Crippen LogP contribution in [0.1, 0.15) is 24.6 Å². The summed E-state index contributed by atoms with van der Waals surface area (Å²) in [5, 5.41) is 16.0. The fraction of sp³-hybridized carbons (Fsp3) is 0.444. The van der Waals surface area contributed by atoms with E-state index in [9.17, 15) is 23.1 Å². The summed E-state index contributed by atoms with van der Waals surface area (Å²) in [4.78, 5) is 12.5. The Hall–Kier alpha value is -3.11. The topological polar surface area (TPSA) is 94.8 Å². The van der Waals surface area contributed by atoms with E-state index < -0.39 is 24.3 Å². The van der Waals surface area contributed by atoms with Gasteiger partial charge in [-0.15, -0.1) is 0 Å². The summed E-state index contributed by atoms with van der Waals surface area (Å²) in [6, 6.07) is 2.58. The van der Waals surface area contributed by atoms with Crippen LogP contribution in [0, 0.1) is 0 Å². The molecule has 0 bridgehead atoms. The maximum Gasteiger partial charge on any atom is 0.435 e. The Labute approximate surface area is 164 Å². The second kappa shape index (κ2) is 7.72. The van der Waals surface area contributed by atoms with Crippen LogP contribution in [0.4, 0.5) is 18.9 Å². The van der Waals surface area contributed by atoms with E-state index in [1.165, 1.54) is 26.4 Å². The zero-order valence-electron chi connectivity index (χ0n) is 16.0. The molecule has 1 aliphatic heterocycles. The van der Waals surface area contributed by atoms with Crippen LogP contribution in [-0.2, 0) is 23.9 Å². The number of methoxy groups -OCH3 is 2. The standard InChI is InChI=1S/C18H20F3N3O5/c1-9-4-5-10-16(18(19,20)21)23-24(17(10)29-9)8-15(26)22-11-6-12(25)14(28-3)7-13(11)27-2/h6-7,9,25H,4-5,8H2,1-3H3,(H,22,26). The molecule has 0 spiro atoms. The number of aromatic hydroxyl groups is 1. The van der Waals surface area contributed by atoms with Crippen LogP contribution >= 0.6 is 0 Å². The number of amides is 1. The molecule has 0 saturated carbocycles. The van der Waals surface area contributed by atoms with Crippen molar-refractivity contribution in [1.29, 1.82) is 0 Å². The molecule has 1 aromatic carbocycles. The Morgan fingerprint density at radius 1 is 1.34 bits per heavy atom. The zero-order valence-corrected chi connectivity index (χ0v) is 16.0. The van der Waals surface area contributed by atoms with Crippen LogP contribution in [0.2, 0.25) is 0 Å². The molecular weight excluding hydrogens is 395 g/mol. The number of alkyl halides is 3. The predicted molar refractivity (Wildman–Crippen MR) is 95.5 cm³/mol. The van der Waals surface area contributed by atoms with Gasteiger partial charge in [-0.25, -0.2) is 4.68 Å². The van der Waals surface area contributed by atoms with Crippen molar-refractivity contribution in [3.63, 3.8) is 0 Å². The van der Waals surface area contributed by atoms with E-state index in [0.717, 1.165) is 4.68 Å². The highest BCUT2D eigenvalue weighted by Gasteiger charge is 2.41. The fourth-order valence-corrected chi connectivity index (χ4v) is 3.08. The Balaban J connectivity index is 1.87. The molecule has 1 aliphatic rings. The molecule has 158 valence electrons. The molecule has 1 amide bonds. The Morgan fingerprint density at radius 2 is 2.03 bits per heavy atom. The largest absolute Gasteiger partial charge is 0.504 e. The number of nitrogens with one attached hydrogen (secondary N) is 1. The van der Waals surface area contributed by atoms with Crippen molar-refractivity contribution >= 4 is 11.6 Å². The first-order valence-corrected chi connectivity index (χ1v) is 8.72. The summed E-state index contributed by atoms with van der Waals surface area (Å²) in [6.45, 7) is 1.22. The predicted octanol–water partition coefficient (Wildman–Crippen LogP) is 2.98. The Morgan fingerprint density at radius 3 is 2.66 bits per heavy atom. The van der Waals surface area contributed by atoms with Crippen LogP contribution in [0.25, 0.3) is 0 Å². The van der Waals surface area contributed by atoms with Gasteiger partial charge in [-0.3, -0.25) is 4.79 Å². The third-order valence-corrected chi connectivity index (χ3v) is 4.45. The highest BCUT2D eigenvalue weighted by atomic mass is 19.4. The lowest BCUT2D eigenvalue weighted by Gasteiger charge is -2.22. The summed E-state index contributed by atoms with van der Waals surface area (Å²) in [5.41, 5.74) is -0.975. The monoisotopic (exact) mass is 415 g/mol. The van der Waals surface area contributed by atoms with Gasteiger partial charge in [0, 0.05) is 17.7 Å². The minimum atomic E-state index is -4.65. The number of hydrogen-bond donors (Lipinski definition) is 2. The molecule has 2 heterocycles. The number of carbonyl (C=O) groups is 1. The Kier molecular flexibility index (Phi) is 5.49. The van der Waals surface area contributed by atoms with E-state index in [-0.39, 0.29) is 46.9 Å². The van der Waals surface area contributed by atoms with Gasteiger partial charge < -0.3 is 24.6 Å². The number of carbonyl (C=O) groups excluding carboxylic acids is 1. The van der Waals surface area contributed by atoms with E-state index in [4.69, 9.17) is 14.2 Å². The maximum absolute atomic E-state index is 13.3. The van der Waals surface area contributed by atoms with Crippen LogP contribution in [0.15, 0.2) is 12.1 Å². The van der Waals surface area contributed by atoms with E-state index >= 15 is 0 Å². The fourth-order valence-electron chi connectivity index (χ4n) is 3.08. The molecular formula is C18H20F3N3O5. The number of anilines is 1. The van der Waals surface area contributed by atoms with Gasteiger partial charge in [-0.05, 0) is 19.8 Å². The zero-order chi connectivity index (χ0) is 21.3. The second-order valence-electron chi connectivity index (χ2n) is 6.53. The number of ether oxygens (including phenoxy) is 3. The van der Waals surface area contributed by atoms with Gasteiger partial charge in [0.1, 0.15) is 12.3 Å². The summed E-state index contributed by atoms with van der Waals surface area (Å²) in [5.74, 6) is -0.629. The van der Waals surface area contributed by atoms with E-state index in [1.807, 2.05) is 0 Å². The summed E-state index contributed by atoms with van der Waals surface area (Å²) < 4.78 is 56.4. The van der Waals surface area contributed by atoms with Crippen molar-refractivity contribution in [3.05, 3.63) is 23.4 Å². The molecule has 0 fully saturated rings. The van der Waals surface area contributed by atoms with Crippen molar-refractivity contribution in [3.8, 4) is 23.1 Å². The summed E-state index contributed by atoms with van der Waals surface area (Å²) >= 11 is 0. The van der Waals surface area contributed by atoms with Crippen molar-refractivity contribution < 1.29 is 37.3 Å². The molecule has 0 aliphatic carbocycles. The lowest BCUT2D eigenvalue weighted by atomic mass is 10.0. The van der Waals surface area contributed by atoms with Gasteiger partial charge >= 0.3 is 6.18 Å². The smallest absolute Gasteiger partial charge is 0.435 e. The molecule has 0 radical (unpaired) electrons. The summed E-state index contributed by atoms with van der Waals surface area (Å²) in [6.07, 6.45) is -4.36. The molecule has 29 heavy (non-hydrogen) atoms. The second-order valence-corrected chi connectivity index (χ2v) is 6.53. The third-order valence-electron chi connectivity index (χ3n) is 4.45. The number of phenols is 1. The molecule has 3 rings (SSSR count). The number of halogens is 3. The Bertz CT molecular complexity index is 926. The summed E-state index contributed by atoms with van der Waals surface area (Å²) in [7, 11) is 2.71. The molecule has 1 aromatic heterocycles. The van der Waals surface area contributed by atoms with Gasteiger partial charge in [-0.2, -0.15) is 18.3 Å². The van der Waals surface area contributed by atoms with Gasteiger partial charge in [0.25, 0.3) is 0 Å². The van der Waals surface area contributed by atoms with E-state index in [0.29, 0.717) is 6.42 Å². The molecule has 1 atom stereocenters. The molecule has 0 saturated heterocycles. The molecule has 8 nitrogen and oxygen atoms in total. The first-order chi connectivity index (χ1) is 13.6. The van der Waals surface area contributed by atoms with E-state index in [1.54, 1.807) is 6.92 Å². The lowest BCUT2D eigenvalue weighted by molar-refractivity contribution is -0.142. The molecule has 2 aromatic rings.